The summed E-state index contributed by atoms with van der Waals surface area (Å²) in [4.78, 5) is 11.7. The van der Waals surface area contributed by atoms with Crippen molar-refractivity contribution in [3.05, 3.63) is 0 Å². The van der Waals surface area contributed by atoms with Crippen molar-refractivity contribution in [1.29, 1.82) is 0 Å². The largest absolute Gasteiger partial charge is 0.394 e. The van der Waals surface area contributed by atoms with E-state index in [4.69, 9.17) is 10.5 Å². The smallest absolute Gasteiger partial charge is 0.223 e. The first-order valence-electron chi connectivity index (χ1n) is 6.51. The van der Waals surface area contributed by atoms with Gasteiger partial charge in [-0.15, -0.1) is 0 Å². The molecular weight excluding hydrogens is 220 g/mol. The number of amides is 1. The molecule has 0 aromatic rings. The van der Waals surface area contributed by atoms with Gasteiger partial charge in [0.15, 0.2) is 0 Å². The number of carbonyl (C=O) groups is 1. The van der Waals surface area contributed by atoms with Gasteiger partial charge in [0, 0.05) is 5.92 Å². The van der Waals surface area contributed by atoms with Crippen LogP contribution in [0, 0.1) is 5.92 Å². The van der Waals surface area contributed by atoms with E-state index in [0.717, 1.165) is 32.1 Å². The van der Waals surface area contributed by atoms with E-state index in [1.165, 1.54) is 0 Å². The van der Waals surface area contributed by atoms with Crippen LogP contribution in [0.2, 0.25) is 0 Å². The molecule has 0 aromatic heterocycles. The van der Waals surface area contributed by atoms with Gasteiger partial charge in [0.05, 0.1) is 18.8 Å². The molecule has 1 amide bonds. The summed E-state index contributed by atoms with van der Waals surface area (Å²) in [5, 5.41) is 12.3. The van der Waals surface area contributed by atoms with Crippen LogP contribution in [0.1, 0.15) is 32.1 Å². The van der Waals surface area contributed by atoms with Crippen molar-refractivity contribution in [3.63, 3.8) is 0 Å². The lowest BCUT2D eigenvalue weighted by molar-refractivity contribution is -0.129. The molecule has 2 aliphatic rings. The van der Waals surface area contributed by atoms with E-state index in [0.29, 0.717) is 6.54 Å². The minimum Gasteiger partial charge on any atom is -0.394 e. The van der Waals surface area contributed by atoms with Gasteiger partial charge in [-0.1, -0.05) is 0 Å². The van der Waals surface area contributed by atoms with E-state index in [1.54, 1.807) is 0 Å². The third-order valence-corrected chi connectivity index (χ3v) is 3.56. The third kappa shape index (κ3) is 3.40. The quantitative estimate of drug-likeness (QED) is 0.622. The molecule has 0 aromatic carbocycles. The molecule has 1 saturated carbocycles. The second-order valence-corrected chi connectivity index (χ2v) is 5.02. The molecule has 2 fully saturated rings. The van der Waals surface area contributed by atoms with Crippen LogP contribution in [-0.4, -0.2) is 42.4 Å². The van der Waals surface area contributed by atoms with Gasteiger partial charge in [0.2, 0.25) is 5.91 Å². The van der Waals surface area contributed by atoms with Crippen molar-refractivity contribution in [2.45, 2.75) is 50.4 Å². The molecule has 1 saturated heterocycles. The van der Waals surface area contributed by atoms with E-state index in [2.05, 4.69) is 5.32 Å². The summed E-state index contributed by atoms with van der Waals surface area (Å²) in [5.41, 5.74) is 5.50. The van der Waals surface area contributed by atoms with Crippen LogP contribution in [0.3, 0.4) is 0 Å². The second-order valence-electron chi connectivity index (χ2n) is 5.02. The number of carbonyl (C=O) groups excluding carboxylic acids is 1. The lowest BCUT2D eigenvalue weighted by Crippen LogP contribution is -2.51. The molecule has 0 spiro atoms. The summed E-state index contributed by atoms with van der Waals surface area (Å²) < 4.78 is 5.74. The summed E-state index contributed by atoms with van der Waals surface area (Å²) in [6, 6.07) is -0.0397. The van der Waals surface area contributed by atoms with Crippen LogP contribution in [0.15, 0.2) is 0 Å². The van der Waals surface area contributed by atoms with Crippen LogP contribution >= 0.6 is 0 Å². The Morgan fingerprint density at radius 2 is 2.12 bits per heavy atom. The van der Waals surface area contributed by atoms with Crippen molar-refractivity contribution in [3.8, 4) is 0 Å². The Bertz CT molecular complexity index is 268. The van der Waals surface area contributed by atoms with Gasteiger partial charge >= 0.3 is 0 Å². The molecule has 2 rings (SSSR count). The normalized spacial score (nSPS) is 33.4. The minimum atomic E-state index is -0.275. The molecule has 0 unspecified atom stereocenters. The fourth-order valence-corrected chi connectivity index (χ4v) is 2.34. The Morgan fingerprint density at radius 1 is 1.35 bits per heavy atom. The van der Waals surface area contributed by atoms with Crippen LogP contribution in [0.5, 0.6) is 0 Å². The van der Waals surface area contributed by atoms with Gasteiger partial charge in [-0.2, -0.15) is 0 Å². The van der Waals surface area contributed by atoms with Gasteiger partial charge in [-0.25, -0.2) is 0 Å². The van der Waals surface area contributed by atoms with Crippen molar-refractivity contribution in [2.75, 3.05) is 13.2 Å². The first-order valence-corrected chi connectivity index (χ1v) is 6.51. The van der Waals surface area contributed by atoms with E-state index in [1.807, 2.05) is 0 Å². The van der Waals surface area contributed by atoms with Crippen molar-refractivity contribution in [1.82, 2.24) is 5.32 Å². The molecule has 3 atom stereocenters. The van der Waals surface area contributed by atoms with Crippen LogP contribution in [0.4, 0.5) is 0 Å². The number of nitrogens with one attached hydrogen (secondary N) is 1. The average Bonchev–Trinajstić information content (AvgIpc) is 3.15. The number of hydrogen-bond donors (Lipinski definition) is 3. The zero-order chi connectivity index (χ0) is 12.3. The highest BCUT2D eigenvalue weighted by Crippen LogP contribution is 2.30. The summed E-state index contributed by atoms with van der Waals surface area (Å²) >= 11 is 0. The zero-order valence-corrected chi connectivity index (χ0v) is 10.1. The maximum atomic E-state index is 11.7. The number of rotatable bonds is 5. The summed E-state index contributed by atoms with van der Waals surface area (Å²) in [6.07, 6.45) is 4.45. The van der Waals surface area contributed by atoms with E-state index in [9.17, 15) is 9.90 Å². The number of hydrogen-bond acceptors (Lipinski definition) is 4. The monoisotopic (exact) mass is 242 g/mol. The second kappa shape index (κ2) is 5.80. The fraction of sp³-hybridized carbons (Fsp3) is 0.917. The molecule has 1 aliphatic heterocycles. The molecule has 0 bridgehead atoms. The lowest BCUT2D eigenvalue weighted by atomic mass is 9.97. The Balaban J connectivity index is 1.82. The Hall–Kier alpha value is -0.650. The minimum absolute atomic E-state index is 0.0397. The van der Waals surface area contributed by atoms with E-state index < -0.39 is 0 Å². The summed E-state index contributed by atoms with van der Waals surface area (Å²) in [5.74, 6) is 0.324. The first kappa shape index (κ1) is 12.8. The van der Waals surface area contributed by atoms with Crippen molar-refractivity contribution < 1.29 is 14.6 Å². The van der Waals surface area contributed by atoms with Crippen molar-refractivity contribution >= 4 is 5.91 Å². The van der Waals surface area contributed by atoms with Gasteiger partial charge < -0.3 is 20.9 Å². The fourth-order valence-electron chi connectivity index (χ4n) is 2.34. The number of aliphatic hydroxyl groups is 1. The third-order valence-electron chi connectivity index (χ3n) is 3.56. The molecule has 1 heterocycles. The molecule has 98 valence electrons. The molecule has 5 nitrogen and oxygen atoms in total. The van der Waals surface area contributed by atoms with Crippen LogP contribution in [0.25, 0.3) is 0 Å². The van der Waals surface area contributed by atoms with Gasteiger partial charge in [0.25, 0.3) is 0 Å². The maximum absolute atomic E-state index is 11.7. The molecule has 4 N–H and O–H groups in total. The molecular formula is C12H22N2O3. The average molecular weight is 242 g/mol. The lowest BCUT2D eigenvalue weighted by Gasteiger charge is -2.36. The molecule has 5 heteroatoms. The Morgan fingerprint density at radius 3 is 2.71 bits per heavy atom. The molecule has 0 radical (unpaired) electrons. The van der Waals surface area contributed by atoms with E-state index in [-0.39, 0.29) is 36.7 Å². The summed E-state index contributed by atoms with van der Waals surface area (Å²) in [7, 11) is 0. The highest BCUT2D eigenvalue weighted by atomic mass is 16.5. The van der Waals surface area contributed by atoms with Gasteiger partial charge in [-0.3, -0.25) is 4.79 Å². The number of aliphatic hydroxyl groups excluding tert-OH is 1. The number of ether oxygens (including phenoxy) is 1. The Kier molecular flexibility index (Phi) is 4.36. The number of nitrogens with two attached hydrogens (primary N) is 1. The SMILES string of the molecule is NCC[C@H]1CC[C@H](NC(=O)C2CC2)[C@H](CO)O1. The van der Waals surface area contributed by atoms with Crippen LogP contribution < -0.4 is 11.1 Å². The topological polar surface area (TPSA) is 84.6 Å². The highest BCUT2D eigenvalue weighted by Gasteiger charge is 2.35. The first-order chi connectivity index (χ1) is 8.24. The zero-order valence-electron chi connectivity index (χ0n) is 10.1. The predicted molar refractivity (Wildman–Crippen MR) is 63.3 cm³/mol. The molecule has 1 aliphatic carbocycles. The Labute approximate surface area is 102 Å². The summed E-state index contributed by atoms with van der Waals surface area (Å²) in [6.45, 7) is 0.554. The molecule has 17 heavy (non-hydrogen) atoms. The van der Waals surface area contributed by atoms with Crippen molar-refractivity contribution in [2.24, 2.45) is 11.7 Å². The van der Waals surface area contributed by atoms with Gasteiger partial charge in [0.1, 0.15) is 6.10 Å². The highest BCUT2D eigenvalue weighted by molar-refractivity contribution is 5.81. The standard InChI is InChI=1S/C12H22N2O3/c13-6-5-9-3-4-10(11(7-15)17-9)14-12(16)8-1-2-8/h8-11,15H,1-7,13H2,(H,14,16)/t9-,10+,11+/m1/s1. The van der Waals surface area contributed by atoms with Crippen LogP contribution in [-0.2, 0) is 9.53 Å². The van der Waals surface area contributed by atoms with Gasteiger partial charge in [-0.05, 0) is 38.6 Å². The van der Waals surface area contributed by atoms with E-state index >= 15 is 0 Å². The maximum Gasteiger partial charge on any atom is 0.223 e. The predicted octanol–water partition coefficient (Wildman–Crippen LogP) is -0.230.